The molecule has 0 radical (unpaired) electrons. The summed E-state index contributed by atoms with van der Waals surface area (Å²) in [5, 5.41) is 9.04. The van der Waals surface area contributed by atoms with E-state index in [4.69, 9.17) is 5.11 Å². The van der Waals surface area contributed by atoms with E-state index < -0.39 is 34.9 Å². The zero-order valence-corrected chi connectivity index (χ0v) is 9.71. The number of hydrogen-bond acceptors (Lipinski definition) is 3. The van der Waals surface area contributed by atoms with Crippen LogP contribution in [0.5, 0.6) is 0 Å². The van der Waals surface area contributed by atoms with Crippen LogP contribution in [0, 0.1) is 16.7 Å². The van der Waals surface area contributed by atoms with E-state index in [2.05, 4.69) is 4.74 Å². The van der Waals surface area contributed by atoms with Crippen LogP contribution >= 0.6 is 0 Å². The Balaban J connectivity index is 2.05. The van der Waals surface area contributed by atoms with Gasteiger partial charge in [0.1, 0.15) is 0 Å². The molecule has 0 saturated heterocycles. The van der Waals surface area contributed by atoms with E-state index in [1.807, 2.05) is 0 Å². The molecule has 3 saturated carbocycles. The molecule has 7 heteroatoms. The van der Waals surface area contributed by atoms with Crippen molar-refractivity contribution in [2.24, 2.45) is 16.7 Å². The molecule has 3 aliphatic rings. The minimum atomic E-state index is -4.27. The molecule has 0 spiro atoms. The number of rotatable bonds is 4. The van der Waals surface area contributed by atoms with Crippen molar-refractivity contribution in [3.63, 3.8) is 0 Å². The quantitative estimate of drug-likeness (QED) is 0.790. The van der Waals surface area contributed by atoms with E-state index in [0.717, 1.165) is 7.11 Å². The number of carboxylic acid groups (broad SMARTS) is 1. The number of aliphatic carboxylic acids is 1. The number of methoxy groups -OCH3 is 1. The van der Waals surface area contributed by atoms with Gasteiger partial charge in [-0.3, -0.25) is 9.59 Å². The van der Waals surface area contributed by atoms with Gasteiger partial charge in [0.2, 0.25) is 0 Å². The highest BCUT2D eigenvalue weighted by Crippen LogP contribution is 2.81. The lowest BCUT2D eigenvalue weighted by Gasteiger charge is -2.72. The maximum atomic E-state index is 12.6. The lowest BCUT2D eigenvalue weighted by atomic mass is 9.31. The fraction of sp³-hybridized carbons (Fsp3) is 0.818. The highest BCUT2D eigenvalue weighted by atomic mass is 19.4. The predicted octanol–water partition coefficient (Wildman–Crippen LogP) is 1.98. The van der Waals surface area contributed by atoms with Crippen LogP contribution < -0.4 is 0 Å². The summed E-state index contributed by atoms with van der Waals surface area (Å²) in [5.41, 5.74) is -2.56. The minimum absolute atomic E-state index is 0.183. The lowest BCUT2D eigenvalue weighted by molar-refractivity contribution is -0.373. The molecule has 2 bridgehead atoms. The van der Waals surface area contributed by atoms with Gasteiger partial charge < -0.3 is 9.84 Å². The Morgan fingerprint density at radius 2 is 1.83 bits per heavy atom. The number of carboxylic acids is 1. The van der Waals surface area contributed by atoms with Crippen LogP contribution in [0.4, 0.5) is 13.2 Å². The first-order valence-electron chi connectivity index (χ1n) is 5.52. The van der Waals surface area contributed by atoms with Crippen molar-refractivity contribution in [2.45, 2.75) is 31.9 Å². The van der Waals surface area contributed by atoms with Crippen LogP contribution in [0.25, 0.3) is 0 Å². The molecule has 0 aromatic carbocycles. The van der Waals surface area contributed by atoms with Crippen molar-refractivity contribution in [3.05, 3.63) is 0 Å². The number of esters is 1. The van der Waals surface area contributed by atoms with E-state index in [9.17, 15) is 22.8 Å². The van der Waals surface area contributed by atoms with Crippen molar-refractivity contribution in [3.8, 4) is 0 Å². The van der Waals surface area contributed by atoms with Crippen molar-refractivity contribution in [2.75, 3.05) is 7.11 Å². The molecule has 0 aromatic heterocycles. The first kappa shape index (κ1) is 13.2. The summed E-state index contributed by atoms with van der Waals surface area (Å²) in [6, 6.07) is 0. The van der Waals surface area contributed by atoms with Crippen LogP contribution in [-0.2, 0) is 14.3 Å². The minimum Gasteiger partial charge on any atom is -0.481 e. The lowest BCUT2D eigenvalue weighted by Crippen LogP contribution is -2.71. The van der Waals surface area contributed by atoms with Gasteiger partial charge in [-0.2, -0.15) is 13.2 Å². The predicted molar refractivity (Wildman–Crippen MR) is 52.5 cm³/mol. The van der Waals surface area contributed by atoms with Crippen LogP contribution in [-0.4, -0.2) is 30.3 Å². The van der Waals surface area contributed by atoms with Gasteiger partial charge in [0.15, 0.2) is 0 Å². The van der Waals surface area contributed by atoms with Gasteiger partial charge in [-0.1, -0.05) is 0 Å². The number of carbonyl (C=O) groups excluding carboxylic acids is 1. The standard InChI is InChI=1S/C11H13F3O4/c1-18-7(15)2-6(8(16)17)9-3-10(4-9,5-9)11(12,13)14/h6H,2-5H2,1H3,(H,16,17)/t6-,9?,10?/m1/s1. The third kappa shape index (κ3) is 1.59. The second-order valence-corrected chi connectivity index (χ2v) is 5.34. The summed E-state index contributed by atoms with van der Waals surface area (Å²) < 4.78 is 42.3. The van der Waals surface area contributed by atoms with Crippen LogP contribution in [0.1, 0.15) is 25.7 Å². The highest BCUT2D eigenvalue weighted by molar-refractivity contribution is 5.80. The van der Waals surface area contributed by atoms with Crippen molar-refractivity contribution >= 4 is 11.9 Å². The first-order valence-corrected chi connectivity index (χ1v) is 5.52. The van der Waals surface area contributed by atoms with E-state index >= 15 is 0 Å². The molecule has 3 aliphatic carbocycles. The second kappa shape index (κ2) is 3.61. The number of halogens is 3. The molecule has 0 aromatic rings. The normalized spacial score (nSPS) is 35.1. The zero-order chi connectivity index (χ0) is 13.8. The maximum Gasteiger partial charge on any atom is 0.394 e. The van der Waals surface area contributed by atoms with Crippen molar-refractivity contribution in [1.82, 2.24) is 0 Å². The summed E-state index contributed by atoms with van der Waals surface area (Å²) >= 11 is 0. The van der Waals surface area contributed by atoms with Crippen LogP contribution in [0.15, 0.2) is 0 Å². The smallest absolute Gasteiger partial charge is 0.394 e. The van der Waals surface area contributed by atoms with E-state index in [1.54, 1.807) is 0 Å². The van der Waals surface area contributed by atoms with Gasteiger partial charge in [0.25, 0.3) is 0 Å². The summed E-state index contributed by atoms with van der Waals surface area (Å²) in [7, 11) is 1.13. The van der Waals surface area contributed by atoms with Gasteiger partial charge in [0.05, 0.1) is 24.9 Å². The second-order valence-electron chi connectivity index (χ2n) is 5.34. The summed E-state index contributed by atoms with van der Waals surface area (Å²) in [4.78, 5) is 22.2. The Bertz CT molecular complexity index is 382. The zero-order valence-electron chi connectivity index (χ0n) is 9.71. The molecule has 3 rings (SSSR count). The summed E-state index contributed by atoms with van der Waals surface area (Å²) in [6.45, 7) is 0. The van der Waals surface area contributed by atoms with Crippen LogP contribution in [0.2, 0.25) is 0 Å². The molecule has 0 unspecified atom stereocenters. The SMILES string of the molecule is COC(=O)C[C@H](C(=O)O)C12CC(C(F)(F)F)(C1)C2. The van der Waals surface area contributed by atoms with E-state index in [1.165, 1.54) is 0 Å². The molecule has 4 nitrogen and oxygen atoms in total. The molecule has 3 fully saturated rings. The summed E-state index contributed by atoms with van der Waals surface area (Å²) in [6.07, 6.45) is -5.19. The fourth-order valence-corrected chi connectivity index (χ4v) is 3.35. The van der Waals surface area contributed by atoms with Crippen LogP contribution in [0.3, 0.4) is 0 Å². The fourth-order valence-electron chi connectivity index (χ4n) is 3.35. The molecule has 18 heavy (non-hydrogen) atoms. The first-order chi connectivity index (χ1) is 8.16. The number of carbonyl (C=O) groups is 2. The molecule has 102 valence electrons. The van der Waals surface area contributed by atoms with Crippen molar-refractivity contribution in [1.29, 1.82) is 0 Å². The third-order valence-electron chi connectivity index (χ3n) is 4.31. The Morgan fingerprint density at radius 1 is 1.33 bits per heavy atom. The third-order valence-corrected chi connectivity index (χ3v) is 4.31. The van der Waals surface area contributed by atoms with Gasteiger partial charge >= 0.3 is 18.1 Å². The van der Waals surface area contributed by atoms with E-state index in [0.29, 0.717) is 0 Å². The van der Waals surface area contributed by atoms with Gasteiger partial charge in [-0.05, 0) is 24.7 Å². The number of ether oxygens (including phenoxy) is 1. The van der Waals surface area contributed by atoms with E-state index in [-0.39, 0.29) is 25.7 Å². The Kier molecular flexibility index (Phi) is 2.64. The highest BCUT2D eigenvalue weighted by Gasteiger charge is 2.80. The van der Waals surface area contributed by atoms with Crippen molar-refractivity contribution < 1.29 is 32.6 Å². The number of alkyl halides is 3. The Labute approximate surface area is 101 Å². The Hall–Kier alpha value is -1.27. The molecular weight excluding hydrogens is 253 g/mol. The van der Waals surface area contributed by atoms with Gasteiger partial charge in [0, 0.05) is 0 Å². The number of hydrogen-bond donors (Lipinski definition) is 1. The molecule has 0 amide bonds. The monoisotopic (exact) mass is 266 g/mol. The molecule has 0 heterocycles. The molecular formula is C11H13F3O4. The van der Waals surface area contributed by atoms with Gasteiger partial charge in [-0.15, -0.1) is 0 Å². The average Bonchev–Trinajstić information content (AvgIpc) is 2.09. The van der Waals surface area contributed by atoms with Gasteiger partial charge in [-0.25, -0.2) is 0 Å². The molecule has 1 atom stereocenters. The molecule has 0 aliphatic heterocycles. The summed E-state index contributed by atoms with van der Waals surface area (Å²) in [5.74, 6) is -3.00. The Morgan fingerprint density at radius 3 is 2.17 bits per heavy atom. The maximum absolute atomic E-state index is 12.6. The largest absolute Gasteiger partial charge is 0.481 e. The topological polar surface area (TPSA) is 63.6 Å². The molecule has 1 N–H and O–H groups in total. The average molecular weight is 266 g/mol.